The third kappa shape index (κ3) is 4.68. The summed E-state index contributed by atoms with van der Waals surface area (Å²) in [4.78, 5) is 24.2. The number of pyridine rings is 1. The van der Waals surface area contributed by atoms with Crippen molar-refractivity contribution in [2.75, 3.05) is 36.4 Å². The van der Waals surface area contributed by atoms with Crippen LogP contribution in [0.5, 0.6) is 0 Å². The Morgan fingerprint density at radius 2 is 1.89 bits per heavy atom. The van der Waals surface area contributed by atoms with Gasteiger partial charge in [0.1, 0.15) is 11.3 Å². The summed E-state index contributed by atoms with van der Waals surface area (Å²) in [6.07, 6.45) is 5.03. The minimum atomic E-state index is -0.791. The number of amides is 1. The van der Waals surface area contributed by atoms with Gasteiger partial charge in [-0.05, 0) is 17.7 Å². The second-order valence-corrected chi connectivity index (χ2v) is 9.65. The normalized spacial score (nSPS) is 14.6. The Morgan fingerprint density at radius 1 is 1.05 bits per heavy atom. The molecule has 1 saturated heterocycles. The average molecular weight is 514 g/mol. The van der Waals surface area contributed by atoms with E-state index < -0.39 is 11.9 Å². The van der Waals surface area contributed by atoms with Crippen LogP contribution >= 0.6 is 11.3 Å². The van der Waals surface area contributed by atoms with Gasteiger partial charge in [-0.3, -0.25) is 14.8 Å². The second-order valence-electron chi connectivity index (χ2n) is 8.76. The number of benzene rings is 2. The highest BCUT2D eigenvalue weighted by Gasteiger charge is 2.26. The fourth-order valence-corrected chi connectivity index (χ4v) is 5.10. The van der Waals surface area contributed by atoms with Crippen molar-refractivity contribution in [1.82, 2.24) is 25.1 Å². The highest BCUT2D eigenvalue weighted by atomic mass is 32.1. The van der Waals surface area contributed by atoms with Crippen molar-refractivity contribution >= 4 is 39.1 Å². The van der Waals surface area contributed by atoms with Gasteiger partial charge in [0.05, 0.1) is 0 Å². The van der Waals surface area contributed by atoms with Crippen LogP contribution in [-0.2, 0) is 4.79 Å². The van der Waals surface area contributed by atoms with Crippen LogP contribution in [-0.4, -0.2) is 51.8 Å². The Labute approximate surface area is 216 Å². The minimum Gasteiger partial charge on any atom is -0.354 e. The van der Waals surface area contributed by atoms with E-state index >= 15 is 4.39 Å². The van der Waals surface area contributed by atoms with E-state index in [9.17, 15) is 4.79 Å². The molecule has 186 valence electrons. The molecule has 0 unspecified atom stereocenters. The largest absolute Gasteiger partial charge is 0.354 e. The Balaban J connectivity index is 1.34. The maximum atomic E-state index is 15.8. The fraction of sp³-hybridized carbons (Fsp3) is 0.185. The number of aromatic nitrogens is 4. The van der Waals surface area contributed by atoms with Gasteiger partial charge >= 0.3 is 0 Å². The van der Waals surface area contributed by atoms with Crippen molar-refractivity contribution in [3.8, 4) is 11.1 Å². The zero-order valence-electron chi connectivity index (χ0n) is 19.8. The highest BCUT2D eigenvalue weighted by Crippen LogP contribution is 2.31. The van der Waals surface area contributed by atoms with Gasteiger partial charge in [0.2, 0.25) is 0 Å². The zero-order valence-corrected chi connectivity index (χ0v) is 20.7. The first-order chi connectivity index (χ1) is 18.2. The summed E-state index contributed by atoms with van der Waals surface area (Å²) in [7, 11) is 0. The van der Waals surface area contributed by atoms with E-state index in [1.54, 1.807) is 30.0 Å². The van der Waals surface area contributed by atoms with Crippen LogP contribution in [0.2, 0.25) is 0 Å². The predicted molar refractivity (Wildman–Crippen MR) is 143 cm³/mol. The van der Waals surface area contributed by atoms with Crippen LogP contribution in [0.25, 0.3) is 22.0 Å². The first-order valence-corrected chi connectivity index (χ1v) is 12.9. The molecule has 0 radical (unpaired) electrons. The molecule has 0 saturated carbocycles. The Morgan fingerprint density at radius 3 is 2.62 bits per heavy atom. The van der Waals surface area contributed by atoms with Crippen LogP contribution in [0.1, 0.15) is 11.6 Å². The molecule has 0 aliphatic carbocycles. The molecular formula is C27H24FN7OS. The van der Waals surface area contributed by atoms with E-state index in [-0.39, 0.29) is 11.4 Å². The summed E-state index contributed by atoms with van der Waals surface area (Å²) < 4.78 is 17.3. The van der Waals surface area contributed by atoms with E-state index in [0.717, 1.165) is 37.6 Å². The van der Waals surface area contributed by atoms with Crippen molar-refractivity contribution in [1.29, 1.82) is 0 Å². The molecule has 6 rings (SSSR count). The molecule has 3 aromatic heterocycles. The van der Waals surface area contributed by atoms with Crippen LogP contribution in [0.3, 0.4) is 0 Å². The lowest BCUT2D eigenvalue weighted by molar-refractivity contribution is -0.118. The molecule has 5 aromatic rings. The van der Waals surface area contributed by atoms with Crippen LogP contribution in [0.15, 0.2) is 78.6 Å². The molecule has 37 heavy (non-hydrogen) atoms. The molecule has 4 heterocycles. The standard InChI is InChI=1S/C27H24FN7OS/c28-23-21(19-7-9-22(31-16-19)34-13-10-29-11-14-34)8-6-20-17-35(33-24(20)23)25(18-4-2-1-3-5-18)26(36)32-27-30-12-15-37-27/h1-9,12,15-17,25,29H,10-11,13-14H2,(H,30,32,36)/t25-/m1/s1. The van der Waals surface area contributed by atoms with Crippen molar-refractivity contribution < 1.29 is 9.18 Å². The topological polar surface area (TPSA) is 88.0 Å². The fourth-order valence-electron chi connectivity index (χ4n) is 4.57. The number of anilines is 2. The number of carbonyl (C=O) groups is 1. The number of thiazole rings is 1. The first-order valence-electron chi connectivity index (χ1n) is 12.0. The molecular weight excluding hydrogens is 489 g/mol. The van der Waals surface area contributed by atoms with Gasteiger partial charge in [0.25, 0.3) is 5.91 Å². The number of hydrogen-bond acceptors (Lipinski definition) is 7. The Bertz CT molecular complexity index is 1510. The molecule has 0 spiro atoms. The SMILES string of the molecule is O=C(Nc1nccs1)[C@@H](c1ccccc1)n1cc2ccc(-c3ccc(N4CCNCC4)nc3)c(F)c2n1. The number of halogens is 1. The number of nitrogens with zero attached hydrogens (tertiary/aromatic N) is 5. The number of carbonyl (C=O) groups excluding carboxylic acids is 1. The van der Waals surface area contributed by atoms with E-state index in [1.165, 1.54) is 16.0 Å². The molecule has 2 aromatic carbocycles. The second kappa shape index (κ2) is 10.1. The molecule has 1 amide bonds. The summed E-state index contributed by atoms with van der Waals surface area (Å²) in [6, 6.07) is 15.9. The highest BCUT2D eigenvalue weighted by molar-refractivity contribution is 7.13. The van der Waals surface area contributed by atoms with Crippen molar-refractivity contribution in [3.63, 3.8) is 0 Å². The van der Waals surface area contributed by atoms with Gasteiger partial charge in [-0.2, -0.15) is 5.10 Å². The van der Waals surface area contributed by atoms with Crippen LogP contribution in [0, 0.1) is 5.82 Å². The number of hydrogen-bond donors (Lipinski definition) is 2. The Hall–Kier alpha value is -4.15. The maximum absolute atomic E-state index is 15.8. The molecule has 10 heteroatoms. The van der Waals surface area contributed by atoms with E-state index in [0.29, 0.717) is 21.6 Å². The lowest BCUT2D eigenvalue weighted by Crippen LogP contribution is -2.43. The predicted octanol–water partition coefficient (Wildman–Crippen LogP) is 4.33. The molecule has 1 aliphatic rings. The monoisotopic (exact) mass is 513 g/mol. The van der Waals surface area contributed by atoms with Gasteiger partial charge in [0.15, 0.2) is 17.0 Å². The van der Waals surface area contributed by atoms with Crippen molar-refractivity contribution in [2.24, 2.45) is 0 Å². The summed E-state index contributed by atoms with van der Waals surface area (Å²) in [5.41, 5.74) is 2.03. The van der Waals surface area contributed by atoms with Gasteiger partial charge < -0.3 is 10.2 Å². The molecule has 2 N–H and O–H groups in total. The smallest absolute Gasteiger partial charge is 0.255 e. The lowest BCUT2D eigenvalue weighted by Gasteiger charge is -2.28. The average Bonchev–Trinajstić information content (AvgIpc) is 3.61. The van der Waals surface area contributed by atoms with Crippen LogP contribution in [0.4, 0.5) is 15.3 Å². The summed E-state index contributed by atoms with van der Waals surface area (Å²) in [6.45, 7) is 3.62. The number of piperazine rings is 1. The molecule has 8 nitrogen and oxygen atoms in total. The molecule has 1 aliphatic heterocycles. The Kier molecular flexibility index (Phi) is 6.33. The van der Waals surface area contributed by atoms with Crippen molar-refractivity contribution in [2.45, 2.75) is 6.04 Å². The lowest BCUT2D eigenvalue weighted by atomic mass is 10.1. The maximum Gasteiger partial charge on any atom is 0.255 e. The van der Waals surface area contributed by atoms with Gasteiger partial charge in [0, 0.05) is 66.7 Å². The van der Waals surface area contributed by atoms with E-state index in [2.05, 4.69) is 30.6 Å². The van der Waals surface area contributed by atoms with Gasteiger partial charge in [-0.25, -0.2) is 14.4 Å². The third-order valence-corrected chi connectivity index (χ3v) is 7.11. The summed E-state index contributed by atoms with van der Waals surface area (Å²) in [5, 5.41) is 13.6. The third-order valence-electron chi connectivity index (χ3n) is 6.42. The van der Waals surface area contributed by atoms with E-state index in [1.807, 2.05) is 48.5 Å². The van der Waals surface area contributed by atoms with Gasteiger partial charge in [-0.15, -0.1) is 11.3 Å². The number of fused-ring (bicyclic) bond motifs is 1. The molecule has 0 bridgehead atoms. The summed E-state index contributed by atoms with van der Waals surface area (Å²) in [5.74, 6) is 0.135. The van der Waals surface area contributed by atoms with Gasteiger partial charge in [-0.1, -0.05) is 42.5 Å². The van der Waals surface area contributed by atoms with E-state index in [4.69, 9.17) is 0 Å². The summed E-state index contributed by atoms with van der Waals surface area (Å²) >= 11 is 1.33. The molecule has 1 atom stereocenters. The zero-order chi connectivity index (χ0) is 25.2. The first kappa shape index (κ1) is 23.3. The van der Waals surface area contributed by atoms with Crippen LogP contribution < -0.4 is 15.5 Å². The number of nitrogens with one attached hydrogen (secondary N) is 2. The van der Waals surface area contributed by atoms with Crippen molar-refractivity contribution in [3.05, 3.63) is 89.9 Å². The quantitative estimate of drug-likeness (QED) is 0.351. The number of rotatable bonds is 6. The molecule has 1 fully saturated rings. The minimum absolute atomic E-state index is 0.201.